The number of rotatable bonds is 0. The third-order valence-corrected chi connectivity index (χ3v) is 2.17. The average Bonchev–Trinajstić information content (AvgIpc) is 2.28. The van der Waals surface area contributed by atoms with Crippen molar-refractivity contribution in [1.82, 2.24) is 4.57 Å². The molecule has 3 heteroatoms. The monoisotopic (exact) mass is 181 g/mol. The highest BCUT2D eigenvalue weighted by molar-refractivity contribution is 6.31. The number of fused-ring (bicyclic) bond motifs is 1. The summed E-state index contributed by atoms with van der Waals surface area (Å²) in [7, 11) is 1.87. The van der Waals surface area contributed by atoms with Crippen LogP contribution in [-0.2, 0) is 7.05 Å². The molecule has 0 aliphatic heterocycles. The Kier molecular flexibility index (Phi) is 1.51. The first kappa shape index (κ1) is 7.50. The number of benzene rings is 1. The van der Waals surface area contributed by atoms with Crippen molar-refractivity contribution in [3.63, 3.8) is 0 Å². The number of hydrogen-bond acceptors (Lipinski definition) is 1. The molecule has 1 N–H and O–H groups in total. The number of aromatic hydroxyl groups is 1. The molecule has 0 spiro atoms. The average molecular weight is 182 g/mol. The largest absolute Gasteiger partial charge is 0.506 e. The minimum atomic E-state index is 0.296. The van der Waals surface area contributed by atoms with E-state index in [2.05, 4.69) is 0 Å². The van der Waals surface area contributed by atoms with Crippen LogP contribution < -0.4 is 0 Å². The summed E-state index contributed by atoms with van der Waals surface area (Å²) < 4.78 is 1.84. The summed E-state index contributed by atoms with van der Waals surface area (Å²) in [6.45, 7) is 0. The maximum Gasteiger partial charge on any atom is 0.141 e. The molecule has 0 amide bonds. The molecule has 1 aromatic carbocycles. The maximum absolute atomic E-state index is 9.42. The van der Waals surface area contributed by atoms with Crippen LogP contribution in [0.5, 0.6) is 5.75 Å². The summed E-state index contributed by atoms with van der Waals surface area (Å²) in [4.78, 5) is 0. The lowest BCUT2D eigenvalue weighted by molar-refractivity contribution is 0.479. The van der Waals surface area contributed by atoms with E-state index >= 15 is 0 Å². The highest BCUT2D eigenvalue weighted by Crippen LogP contribution is 2.27. The van der Waals surface area contributed by atoms with Crippen LogP contribution in [-0.4, -0.2) is 9.67 Å². The molecule has 0 fully saturated rings. The van der Waals surface area contributed by atoms with Crippen molar-refractivity contribution in [2.45, 2.75) is 0 Å². The first-order chi connectivity index (χ1) is 5.68. The van der Waals surface area contributed by atoms with Crippen LogP contribution >= 0.6 is 11.6 Å². The van der Waals surface area contributed by atoms with Crippen LogP contribution in [0.15, 0.2) is 24.4 Å². The first-order valence-corrected chi connectivity index (χ1v) is 4.00. The van der Waals surface area contributed by atoms with Crippen molar-refractivity contribution in [3.8, 4) is 5.75 Å². The number of aryl methyl sites for hydroxylation is 1. The zero-order valence-electron chi connectivity index (χ0n) is 6.58. The Morgan fingerprint density at radius 3 is 2.92 bits per heavy atom. The van der Waals surface area contributed by atoms with Gasteiger partial charge in [-0.25, -0.2) is 0 Å². The van der Waals surface area contributed by atoms with Crippen LogP contribution in [0, 0.1) is 0 Å². The second kappa shape index (κ2) is 2.42. The van der Waals surface area contributed by atoms with Gasteiger partial charge in [-0.15, -0.1) is 0 Å². The van der Waals surface area contributed by atoms with Crippen LogP contribution in [0.3, 0.4) is 0 Å². The van der Waals surface area contributed by atoms with Crippen LogP contribution in [0.1, 0.15) is 0 Å². The summed E-state index contributed by atoms with van der Waals surface area (Å²) >= 11 is 5.80. The normalized spacial score (nSPS) is 10.8. The summed E-state index contributed by atoms with van der Waals surface area (Å²) in [6.07, 6.45) is 1.67. The number of aromatic nitrogens is 1. The molecule has 0 aliphatic rings. The SMILES string of the molecule is Cn1cc(O)c2ccc(Cl)cc21. The number of hydrogen-bond donors (Lipinski definition) is 1. The van der Waals surface area contributed by atoms with E-state index in [1.54, 1.807) is 12.3 Å². The predicted molar refractivity (Wildman–Crippen MR) is 49.6 cm³/mol. The Bertz CT molecular complexity index is 433. The van der Waals surface area contributed by atoms with Crippen LogP contribution in [0.25, 0.3) is 10.9 Å². The molecule has 0 bridgehead atoms. The highest BCUT2D eigenvalue weighted by Gasteiger charge is 2.04. The lowest BCUT2D eigenvalue weighted by Crippen LogP contribution is -1.82. The van der Waals surface area contributed by atoms with Crippen LogP contribution in [0.4, 0.5) is 0 Å². The lowest BCUT2D eigenvalue weighted by Gasteiger charge is -1.94. The topological polar surface area (TPSA) is 25.2 Å². The van der Waals surface area contributed by atoms with E-state index in [0.717, 1.165) is 10.9 Å². The summed E-state index contributed by atoms with van der Waals surface area (Å²) in [5.41, 5.74) is 0.944. The zero-order chi connectivity index (χ0) is 8.72. The van der Waals surface area contributed by atoms with Gasteiger partial charge in [-0.05, 0) is 18.2 Å². The standard InChI is InChI=1S/C9H8ClNO/c1-11-5-9(12)7-3-2-6(10)4-8(7)11/h2-5,12H,1H3. The molecule has 2 rings (SSSR count). The first-order valence-electron chi connectivity index (χ1n) is 3.62. The van der Waals surface area contributed by atoms with E-state index in [0.29, 0.717) is 10.8 Å². The van der Waals surface area contributed by atoms with Gasteiger partial charge in [-0.1, -0.05) is 11.6 Å². The van der Waals surface area contributed by atoms with Gasteiger partial charge in [0.1, 0.15) is 5.75 Å². The summed E-state index contributed by atoms with van der Waals surface area (Å²) in [6, 6.07) is 5.41. The van der Waals surface area contributed by atoms with E-state index < -0.39 is 0 Å². The minimum Gasteiger partial charge on any atom is -0.506 e. The second-order valence-electron chi connectivity index (χ2n) is 2.79. The quantitative estimate of drug-likeness (QED) is 0.664. The van der Waals surface area contributed by atoms with E-state index in [1.807, 2.05) is 23.7 Å². The Morgan fingerprint density at radius 2 is 2.17 bits per heavy atom. The van der Waals surface area contributed by atoms with Gasteiger partial charge in [0.2, 0.25) is 0 Å². The predicted octanol–water partition coefficient (Wildman–Crippen LogP) is 2.54. The molecule has 62 valence electrons. The third-order valence-electron chi connectivity index (χ3n) is 1.93. The smallest absolute Gasteiger partial charge is 0.141 e. The van der Waals surface area contributed by atoms with Gasteiger partial charge in [0.15, 0.2) is 0 Å². The van der Waals surface area contributed by atoms with Gasteiger partial charge >= 0.3 is 0 Å². The van der Waals surface area contributed by atoms with E-state index in [1.165, 1.54) is 0 Å². The molecule has 2 aromatic rings. The van der Waals surface area contributed by atoms with Gasteiger partial charge in [-0.3, -0.25) is 0 Å². The van der Waals surface area contributed by atoms with Crippen molar-refractivity contribution >= 4 is 22.5 Å². The Labute approximate surface area is 75.0 Å². The van der Waals surface area contributed by atoms with Gasteiger partial charge < -0.3 is 9.67 Å². The second-order valence-corrected chi connectivity index (χ2v) is 3.22. The molecule has 2 nitrogen and oxygen atoms in total. The Hall–Kier alpha value is -1.15. The van der Waals surface area contributed by atoms with E-state index in [9.17, 15) is 5.11 Å². The fraction of sp³-hybridized carbons (Fsp3) is 0.111. The molecule has 0 aliphatic carbocycles. The van der Waals surface area contributed by atoms with Crippen LogP contribution in [0.2, 0.25) is 5.02 Å². The van der Waals surface area contributed by atoms with Crippen molar-refractivity contribution in [1.29, 1.82) is 0 Å². The third kappa shape index (κ3) is 0.959. The molecular formula is C9H8ClNO. The Morgan fingerprint density at radius 1 is 1.42 bits per heavy atom. The lowest BCUT2D eigenvalue weighted by atomic mass is 10.2. The van der Waals surface area contributed by atoms with Gasteiger partial charge in [0.25, 0.3) is 0 Å². The highest BCUT2D eigenvalue weighted by atomic mass is 35.5. The fourth-order valence-electron chi connectivity index (χ4n) is 1.34. The molecule has 1 aromatic heterocycles. The van der Waals surface area contributed by atoms with Gasteiger partial charge in [0.05, 0.1) is 5.52 Å². The summed E-state index contributed by atoms with van der Waals surface area (Å²) in [5.74, 6) is 0.296. The fourth-order valence-corrected chi connectivity index (χ4v) is 1.50. The van der Waals surface area contributed by atoms with Crippen molar-refractivity contribution in [2.24, 2.45) is 7.05 Å². The number of halogens is 1. The molecule has 0 saturated heterocycles. The van der Waals surface area contributed by atoms with Gasteiger partial charge in [0, 0.05) is 23.7 Å². The summed E-state index contributed by atoms with van der Waals surface area (Å²) in [5, 5.41) is 10.9. The van der Waals surface area contributed by atoms with E-state index in [-0.39, 0.29) is 0 Å². The minimum absolute atomic E-state index is 0.296. The molecule has 1 heterocycles. The molecule has 0 atom stereocenters. The molecule has 0 saturated carbocycles. The van der Waals surface area contributed by atoms with Gasteiger partial charge in [-0.2, -0.15) is 0 Å². The Balaban J connectivity index is 2.90. The molecular weight excluding hydrogens is 174 g/mol. The van der Waals surface area contributed by atoms with Crippen molar-refractivity contribution < 1.29 is 5.11 Å². The zero-order valence-corrected chi connectivity index (χ0v) is 7.34. The number of nitrogens with zero attached hydrogens (tertiary/aromatic N) is 1. The van der Waals surface area contributed by atoms with Crippen molar-refractivity contribution in [3.05, 3.63) is 29.4 Å². The molecule has 0 unspecified atom stereocenters. The van der Waals surface area contributed by atoms with E-state index in [4.69, 9.17) is 11.6 Å². The van der Waals surface area contributed by atoms with Crippen molar-refractivity contribution in [2.75, 3.05) is 0 Å². The molecule has 12 heavy (non-hydrogen) atoms. The molecule has 0 radical (unpaired) electrons. The maximum atomic E-state index is 9.42.